The second-order valence-electron chi connectivity index (χ2n) is 4.36. The molecule has 0 aromatic heterocycles. The maximum atomic E-state index is 12.9. The van der Waals surface area contributed by atoms with Gasteiger partial charge in [0.2, 0.25) is 10.0 Å². The van der Waals surface area contributed by atoms with Crippen LogP contribution in [-0.2, 0) is 16.2 Å². The zero-order chi connectivity index (χ0) is 16.3. The summed E-state index contributed by atoms with van der Waals surface area (Å²) in [6.07, 6.45) is -3.08. The molecule has 2 atom stereocenters. The number of sulfonamides is 1. The molecule has 0 radical (unpaired) electrons. The number of nitrogens with one attached hydrogen (secondary N) is 1. The minimum Gasteiger partial charge on any atom is -0.395 e. The van der Waals surface area contributed by atoms with Crippen molar-refractivity contribution in [1.82, 2.24) is 4.72 Å². The first kappa shape index (κ1) is 18.3. The molecule has 0 saturated carbocycles. The molecule has 0 aliphatic rings. The van der Waals surface area contributed by atoms with Crippen LogP contribution in [0, 0.1) is 0 Å². The lowest BCUT2D eigenvalue weighted by Gasteiger charge is -2.22. The molecule has 21 heavy (non-hydrogen) atoms. The van der Waals surface area contributed by atoms with Crippen LogP contribution < -0.4 is 4.72 Å². The number of alkyl halides is 3. The van der Waals surface area contributed by atoms with E-state index in [0.717, 1.165) is 18.2 Å². The van der Waals surface area contributed by atoms with Gasteiger partial charge in [0.15, 0.2) is 0 Å². The third kappa shape index (κ3) is 4.60. The van der Waals surface area contributed by atoms with Crippen molar-refractivity contribution in [2.24, 2.45) is 0 Å². The van der Waals surface area contributed by atoms with Crippen molar-refractivity contribution in [2.75, 3.05) is 12.9 Å². The Balaban J connectivity index is 3.15. The van der Waals surface area contributed by atoms with E-state index < -0.39 is 38.0 Å². The molecule has 0 bridgehead atoms. The number of halogens is 3. The summed E-state index contributed by atoms with van der Waals surface area (Å²) in [5, 5.41) is 8.67. The first-order valence-corrected chi connectivity index (χ1v) is 8.72. The lowest BCUT2D eigenvalue weighted by atomic mass is 10.2. The number of hydrogen-bond donors (Lipinski definition) is 2. The summed E-state index contributed by atoms with van der Waals surface area (Å²) in [5.41, 5.74) is -1.21. The average molecular weight is 343 g/mol. The monoisotopic (exact) mass is 343 g/mol. The molecule has 9 heteroatoms. The maximum absolute atomic E-state index is 12.9. The largest absolute Gasteiger partial charge is 0.417 e. The fraction of sp³-hybridized carbons (Fsp3) is 0.500. The summed E-state index contributed by atoms with van der Waals surface area (Å²) in [6, 6.07) is 3.27. The number of aliphatic hydroxyl groups excluding tert-OH is 1. The van der Waals surface area contributed by atoms with Gasteiger partial charge in [-0.05, 0) is 25.3 Å². The van der Waals surface area contributed by atoms with Crippen molar-refractivity contribution in [2.45, 2.75) is 29.3 Å². The van der Waals surface area contributed by atoms with Gasteiger partial charge >= 0.3 is 6.18 Å². The summed E-state index contributed by atoms with van der Waals surface area (Å²) in [5.74, 6) is 0. The molecular weight excluding hydrogens is 327 g/mol. The van der Waals surface area contributed by atoms with E-state index in [9.17, 15) is 21.6 Å². The Morgan fingerprint density at radius 1 is 1.33 bits per heavy atom. The van der Waals surface area contributed by atoms with Crippen molar-refractivity contribution in [3.05, 3.63) is 29.8 Å². The van der Waals surface area contributed by atoms with E-state index in [1.165, 1.54) is 24.8 Å². The molecule has 1 aromatic carbocycles. The molecule has 1 aromatic rings. The molecule has 0 heterocycles. The lowest BCUT2D eigenvalue weighted by Crippen LogP contribution is -2.41. The number of thioether (sulfide) groups is 1. The first-order valence-electron chi connectivity index (χ1n) is 5.95. The Bertz CT molecular complexity index is 571. The van der Waals surface area contributed by atoms with Gasteiger partial charge in [-0.1, -0.05) is 12.1 Å². The van der Waals surface area contributed by atoms with Gasteiger partial charge in [-0.15, -0.1) is 0 Å². The Morgan fingerprint density at radius 2 is 1.90 bits per heavy atom. The Labute approximate surface area is 125 Å². The van der Waals surface area contributed by atoms with Crippen LogP contribution in [0.4, 0.5) is 13.2 Å². The van der Waals surface area contributed by atoms with Gasteiger partial charge < -0.3 is 5.11 Å². The molecule has 0 aliphatic carbocycles. The number of rotatable bonds is 6. The number of benzene rings is 1. The second kappa shape index (κ2) is 6.99. The molecule has 2 N–H and O–H groups in total. The SMILES string of the molecule is CSC(CO)C(C)NS(=O)(=O)c1ccccc1C(F)(F)F. The van der Waals surface area contributed by atoms with E-state index in [1.54, 1.807) is 6.26 Å². The maximum Gasteiger partial charge on any atom is 0.417 e. The fourth-order valence-electron chi connectivity index (χ4n) is 1.76. The van der Waals surface area contributed by atoms with E-state index in [-0.39, 0.29) is 6.61 Å². The lowest BCUT2D eigenvalue weighted by molar-refractivity contribution is -0.139. The third-order valence-electron chi connectivity index (χ3n) is 2.86. The molecule has 120 valence electrons. The molecule has 4 nitrogen and oxygen atoms in total. The predicted molar refractivity (Wildman–Crippen MR) is 75.6 cm³/mol. The quantitative estimate of drug-likeness (QED) is 0.830. The van der Waals surface area contributed by atoms with Gasteiger partial charge in [0.25, 0.3) is 0 Å². The first-order chi connectivity index (χ1) is 9.63. The Hall–Kier alpha value is -0.770. The normalized spacial score (nSPS) is 15.7. The Morgan fingerprint density at radius 3 is 2.38 bits per heavy atom. The van der Waals surface area contributed by atoms with E-state index in [0.29, 0.717) is 0 Å². The second-order valence-corrected chi connectivity index (χ2v) is 7.12. The van der Waals surface area contributed by atoms with Crippen LogP contribution >= 0.6 is 11.8 Å². The Kier molecular flexibility index (Phi) is 6.09. The van der Waals surface area contributed by atoms with Crippen molar-refractivity contribution >= 4 is 21.8 Å². The third-order valence-corrected chi connectivity index (χ3v) is 5.64. The van der Waals surface area contributed by atoms with Gasteiger partial charge in [0, 0.05) is 11.3 Å². The van der Waals surface area contributed by atoms with Gasteiger partial charge in [-0.3, -0.25) is 0 Å². The van der Waals surface area contributed by atoms with Crippen LogP contribution in [0.5, 0.6) is 0 Å². The van der Waals surface area contributed by atoms with Gasteiger partial charge in [-0.25, -0.2) is 13.1 Å². The topological polar surface area (TPSA) is 66.4 Å². The van der Waals surface area contributed by atoms with Gasteiger partial charge in [0.1, 0.15) is 0 Å². The standard InChI is InChI=1S/C12H16F3NO3S2/c1-8(10(7-17)20-2)16-21(18,19)11-6-4-3-5-9(11)12(13,14)15/h3-6,8,10,16-17H,7H2,1-2H3. The minimum absolute atomic E-state index is 0.286. The zero-order valence-electron chi connectivity index (χ0n) is 11.4. The average Bonchev–Trinajstić information content (AvgIpc) is 2.38. The summed E-state index contributed by atoms with van der Waals surface area (Å²) in [6.45, 7) is 1.21. The van der Waals surface area contributed by atoms with Crippen LogP contribution in [0.3, 0.4) is 0 Å². The molecular formula is C12H16F3NO3S2. The molecule has 0 amide bonds. The predicted octanol–water partition coefficient (Wildman–Crippen LogP) is 2.10. The summed E-state index contributed by atoms with van der Waals surface area (Å²) < 4.78 is 65.1. The van der Waals surface area contributed by atoms with Gasteiger partial charge in [-0.2, -0.15) is 24.9 Å². The number of hydrogen-bond acceptors (Lipinski definition) is 4. The van der Waals surface area contributed by atoms with Crippen molar-refractivity contribution in [3.8, 4) is 0 Å². The van der Waals surface area contributed by atoms with Crippen LogP contribution in [0.2, 0.25) is 0 Å². The van der Waals surface area contributed by atoms with Crippen LogP contribution in [0.1, 0.15) is 12.5 Å². The summed E-state index contributed by atoms with van der Waals surface area (Å²) >= 11 is 1.22. The number of aliphatic hydroxyl groups is 1. The molecule has 0 fully saturated rings. The highest BCUT2D eigenvalue weighted by atomic mass is 32.2. The van der Waals surface area contributed by atoms with Crippen LogP contribution in [0.15, 0.2) is 29.2 Å². The van der Waals surface area contributed by atoms with Crippen molar-refractivity contribution in [3.63, 3.8) is 0 Å². The van der Waals surface area contributed by atoms with E-state index in [4.69, 9.17) is 5.11 Å². The highest BCUT2D eigenvalue weighted by Gasteiger charge is 2.37. The van der Waals surface area contributed by atoms with Crippen molar-refractivity contribution in [1.29, 1.82) is 0 Å². The van der Waals surface area contributed by atoms with Crippen LogP contribution in [-0.4, -0.2) is 37.7 Å². The smallest absolute Gasteiger partial charge is 0.395 e. The van der Waals surface area contributed by atoms with Crippen molar-refractivity contribution < 1.29 is 26.7 Å². The van der Waals surface area contributed by atoms with E-state index >= 15 is 0 Å². The zero-order valence-corrected chi connectivity index (χ0v) is 13.0. The molecule has 2 unspecified atom stereocenters. The van der Waals surface area contributed by atoms with E-state index in [1.807, 2.05) is 0 Å². The fourth-order valence-corrected chi connectivity index (χ4v) is 3.98. The molecule has 0 aliphatic heterocycles. The molecule has 0 spiro atoms. The molecule has 0 saturated heterocycles. The van der Waals surface area contributed by atoms with Crippen LogP contribution in [0.25, 0.3) is 0 Å². The van der Waals surface area contributed by atoms with E-state index in [2.05, 4.69) is 4.72 Å². The molecule has 1 rings (SSSR count). The minimum atomic E-state index is -4.76. The summed E-state index contributed by atoms with van der Waals surface area (Å²) in [4.78, 5) is -0.817. The summed E-state index contributed by atoms with van der Waals surface area (Å²) in [7, 11) is -4.33. The van der Waals surface area contributed by atoms with Gasteiger partial charge in [0.05, 0.1) is 17.1 Å². The highest BCUT2D eigenvalue weighted by Crippen LogP contribution is 2.34. The highest BCUT2D eigenvalue weighted by molar-refractivity contribution is 7.99.